The number of quaternary nitrogens is 1. The lowest BCUT2D eigenvalue weighted by molar-refractivity contribution is -0.946. The summed E-state index contributed by atoms with van der Waals surface area (Å²) in [6.07, 6.45) is 6.94. The average molecular weight is 807 g/mol. The van der Waals surface area contributed by atoms with Gasteiger partial charge in [0.05, 0.1) is 51.1 Å². The van der Waals surface area contributed by atoms with E-state index in [1.807, 2.05) is 43.3 Å². The van der Waals surface area contributed by atoms with Gasteiger partial charge in [-0.2, -0.15) is 0 Å². The van der Waals surface area contributed by atoms with E-state index in [0.29, 0.717) is 41.3 Å². The Morgan fingerprint density at radius 3 is 2.50 bits per heavy atom. The van der Waals surface area contributed by atoms with Crippen LogP contribution in [0.5, 0.6) is 11.5 Å². The number of nitrogens with zero attached hydrogens (tertiary/aromatic N) is 1. The van der Waals surface area contributed by atoms with Crippen LogP contribution in [0, 0.1) is 11.8 Å². The molecule has 1 saturated carbocycles. The van der Waals surface area contributed by atoms with E-state index in [1.165, 1.54) is 25.0 Å². The van der Waals surface area contributed by atoms with Gasteiger partial charge in [-0.25, -0.2) is 0 Å². The van der Waals surface area contributed by atoms with Gasteiger partial charge in [0.25, 0.3) is 0 Å². The number of fused-ring (bicyclic) bond motifs is 4. The van der Waals surface area contributed by atoms with E-state index in [1.54, 1.807) is 12.1 Å². The van der Waals surface area contributed by atoms with Gasteiger partial charge in [0.2, 0.25) is 5.56 Å². The quantitative estimate of drug-likeness (QED) is 0.0750. The molecule has 54 heavy (non-hydrogen) atoms. The molecule has 6 N–H and O–H groups in total. The minimum Gasteiger partial charge on any atom is -1.00 e. The highest BCUT2D eigenvalue weighted by Gasteiger charge is 2.48. The van der Waals surface area contributed by atoms with Gasteiger partial charge >= 0.3 is 0 Å². The Bertz CT molecular complexity index is 1890. The summed E-state index contributed by atoms with van der Waals surface area (Å²) in [6, 6.07) is 22.0. The number of ether oxygens (including phenoxy) is 2. The van der Waals surface area contributed by atoms with Gasteiger partial charge in [0.15, 0.2) is 0 Å². The zero-order valence-corrected chi connectivity index (χ0v) is 32.8. The number of aliphatic hydroxyl groups excluding tert-OH is 2. The maximum absolute atomic E-state index is 12.1. The summed E-state index contributed by atoms with van der Waals surface area (Å²) in [7, 11) is 0. The summed E-state index contributed by atoms with van der Waals surface area (Å²) >= 11 is 0. The van der Waals surface area contributed by atoms with Gasteiger partial charge in [-0.1, -0.05) is 55.3 Å². The van der Waals surface area contributed by atoms with Crippen LogP contribution in [0.1, 0.15) is 86.3 Å². The number of benzene rings is 3. The number of aliphatic hydroxyl groups is 3. The van der Waals surface area contributed by atoms with Crippen LogP contribution in [0.4, 0.5) is 0 Å². The number of phenolic OH excluding ortho intramolecular Hbond substituents is 1. The van der Waals surface area contributed by atoms with Crippen molar-refractivity contribution in [2.24, 2.45) is 11.8 Å². The smallest absolute Gasteiger partial charge is 0.248 e. The van der Waals surface area contributed by atoms with E-state index in [0.717, 1.165) is 79.5 Å². The first-order valence-electron chi connectivity index (χ1n) is 19.6. The molecule has 4 atom stereocenters. The Balaban J connectivity index is 0.00000497. The van der Waals surface area contributed by atoms with Crippen molar-refractivity contribution in [2.45, 2.75) is 82.3 Å². The largest absolute Gasteiger partial charge is 1.00 e. The number of pyridine rings is 1. The molecule has 0 amide bonds. The van der Waals surface area contributed by atoms with Crippen LogP contribution in [0.2, 0.25) is 0 Å². The van der Waals surface area contributed by atoms with Crippen molar-refractivity contribution in [2.75, 3.05) is 45.9 Å². The third kappa shape index (κ3) is 8.73. The Morgan fingerprint density at radius 2 is 1.76 bits per heavy atom. The summed E-state index contributed by atoms with van der Waals surface area (Å²) < 4.78 is 14.0. The van der Waals surface area contributed by atoms with Gasteiger partial charge in [0.1, 0.15) is 29.7 Å². The van der Waals surface area contributed by atoms with Crippen LogP contribution < -0.4 is 32.6 Å². The van der Waals surface area contributed by atoms with Gasteiger partial charge in [-0.05, 0) is 66.6 Å². The predicted octanol–water partition coefficient (Wildman–Crippen LogP) is 2.59. The Labute approximate surface area is 328 Å². The van der Waals surface area contributed by atoms with Crippen molar-refractivity contribution < 1.29 is 51.4 Å². The van der Waals surface area contributed by atoms with Crippen molar-refractivity contribution in [3.63, 3.8) is 0 Å². The molecule has 0 spiro atoms. The van der Waals surface area contributed by atoms with E-state index in [4.69, 9.17) is 9.47 Å². The number of hydrogen-bond acceptors (Lipinski definition) is 8. The first-order chi connectivity index (χ1) is 25.7. The van der Waals surface area contributed by atoms with Crippen LogP contribution in [-0.2, 0) is 16.9 Å². The normalized spacial score (nSPS) is 23.5. The summed E-state index contributed by atoms with van der Waals surface area (Å²) in [5.41, 5.74) is 2.30. The lowest BCUT2D eigenvalue weighted by Crippen LogP contribution is -3.00. The van der Waals surface area contributed by atoms with Crippen molar-refractivity contribution >= 4 is 10.9 Å². The maximum atomic E-state index is 12.1. The fourth-order valence-corrected chi connectivity index (χ4v) is 9.31. The van der Waals surface area contributed by atoms with Crippen LogP contribution in [0.3, 0.4) is 0 Å². The molecule has 11 heteroatoms. The van der Waals surface area contributed by atoms with Gasteiger partial charge in [-0.3, -0.25) is 4.79 Å². The number of aromatic amines is 1. The first-order valence-corrected chi connectivity index (χ1v) is 19.6. The second-order valence-corrected chi connectivity index (χ2v) is 15.8. The SMILES string of the molecule is CC(NC[C@H](O)c1ccc(O)c2[nH]c(=O)ccc12)c1ccc(OCCC[N+]23CCC(CC2)[C@@H](OC[C@@](O)(c2ccccc2)C2CCCC2)C3)c(CO)c1.[Br-]. The maximum Gasteiger partial charge on any atom is 0.248 e. The summed E-state index contributed by atoms with van der Waals surface area (Å²) in [5.74, 6) is 1.43. The Kier molecular flexibility index (Phi) is 13.2. The fourth-order valence-electron chi connectivity index (χ4n) is 9.31. The molecule has 292 valence electrons. The second-order valence-electron chi connectivity index (χ2n) is 15.8. The van der Waals surface area contributed by atoms with Gasteiger partial charge in [0, 0.05) is 54.8 Å². The summed E-state index contributed by atoms with van der Waals surface area (Å²) in [5, 5.41) is 47.5. The van der Waals surface area contributed by atoms with E-state index in [9.17, 15) is 25.2 Å². The highest BCUT2D eigenvalue weighted by Crippen LogP contribution is 2.43. The molecule has 8 rings (SSSR count). The number of hydrogen-bond donors (Lipinski definition) is 6. The zero-order valence-electron chi connectivity index (χ0n) is 31.3. The molecule has 1 aliphatic carbocycles. The number of rotatable bonds is 16. The number of aromatic nitrogens is 1. The molecule has 4 aliphatic rings. The minimum atomic E-state index is -0.940. The molecular weight excluding hydrogens is 750 g/mol. The van der Waals surface area contributed by atoms with Crippen LogP contribution in [0.25, 0.3) is 10.9 Å². The zero-order chi connectivity index (χ0) is 37.0. The number of nitrogens with one attached hydrogen (secondary N) is 2. The molecule has 1 unspecified atom stereocenters. The third-order valence-corrected chi connectivity index (χ3v) is 12.5. The van der Waals surface area contributed by atoms with Crippen LogP contribution in [-0.4, -0.2) is 81.9 Å². The monoisotopic (exact) mass is 805 g/mol. The van der Waals surface area contributed by atoms with Crippen molar-refractivity contribution in [3.05, 3.63) is 105 Å². The number of aromatic hydroxyl groups is 1. The molecule has 0 radical (unpaired) electrons. The minimum absolute atomic E-state index is 0. The first kappa shape index (κ1) is 40.4. The molecule has 3 aromatic carbocycles. The molecule has 3 aliphatic heterocycles. The van der Waals surface area contributed by atoms with Gasteiger partial charge < -0.3 is 61.7 Å². The van der Waals surface area contributed by atoms with E-state index >= 15 is 0 Å². The van der Waals surface area contributed by atoms with Crippen LogP contribution >= 0.6 is 0 Å². The molecule has 3 saturated heterocycles. The molecule has 4 aromatic rings. The third-order valence-electron chi connectivity index (χ3n) is 12.5. The fraction of sp³-hybridized carbons (Fsp3) is 0.512. The molecule has 4 fully saturated rings. The molecular formula is C43H56BrN3O7. The number of piperidine rings is 3. The van der Waals surface area contributed by atoms with E-state index < -0.39 is 11.7 Å². The highest BCUT2D eigenvalue weighted by molar-refractivity contribution is 5.87. The summed E-state index contributed by atoms with van der Waals surface area (Å²) in [4.78, 5) is 14.4. The molecule has 1 aromatic heterocycles. The Morgan fingerprint density at radius 1 is 1.00 bits per heavy atom. The van der Waals surface area contributed by atoms with E-state index in [2.05, 4.69) is 22.4 Å². The predicted molar refractivity (Wildman–Crippen MR) is 205 cm³/mol. The molecule has 4 heterocycles. The average Bonchev–Trinajstić information content (AvgIpc) is 3.75. The van der Waals surface area contributed by atoms with Crippen molar-refractivity contribution in [1.29, 1.82) is 0 Å². The van der Waals surface area contributed by atoms with Crippen molar-refractivity contribution in [3.8, 4) is 11.5 Å². The number of halogens is 1. The molecule has 10 nitrogen and oxygen atoms in total. The van der Waals surface area contributed by atoms with Crippen molar-refractivity contribution in [1.82, 2.24) is 10.3 Å². The van der Waals surface area contributed by atoms with E-state index in [-0.39, 0.29) is 59.5 Å². The molecule has 2 bridgehead atoms. The standard InChI is InChI=1S/C43H55N3O7.BrH/c1-29(44-25-38(49)35-13-15-37(48)42-36(35)14-17-41(50)45-42)31-12-16-39(32(24-31)27-47)52-23-7-20-46-21-18-30(19-22-46)40(26-46)53-28-43(51,34-10-5-6-11-34)33-8-3-2-4-9-33;/h2-4,8-9,12-17,24,29-30,34,38,40,44,47,49,51H,5-7,10-11,18-23,25-28H2,1H3,(H-,45,48,50);1H/t29?,30?,38-,40-,43+,46?;/m0./s1. The van der Waals surface area contributed by atoms with Gasteiger partial charge in [-0.15, -0.1) is 0 Å². The number of phenols is 1. The van der Waals surface area contributed by atoms with Crippen LogP contribution in [0.15, 0.2) is 77.6 Å². The lowest BCUT2D eigenvalue weighted by Gasteiger charge is -2.53. The Hall–Kier alpha value is -3.29. The second kappa shape index (κ2) is 17.7. The number of H-pyrrole nitrogens is 1. The highest BCUT2D eigenvalue weighted by atomic mass is 79.9. The summed E-state index contributed by atoms with van der Waals surface area (Å²) in [6.45, 7) is 7.34. The lowest BCUT2D eigenvalue weighted by atomic mass is 9.80. The topological polar surface area (TPSA) is 144 Å².